The van der Waals surface area contributed by atoms with Gasteiger partial charge in [0.15, 0.2) is 5.78 Å². The number of aromatic hydroxyl groups is 1. The number of carbonyl (C=O) groups excluding carboxylic acids is 1. The van der Waals surface area contributed by atoms with Crippen molar-refractivity contribution in [2.45, 2.75) is 19.6 Å². The number of Topliss-reactive ketones (excluding diaryl/α,β-unsaturated/α-hetero) is 1. The molecule has 0 aliphatic heterocycles. The summed E-state index contributed by atoms with van der Waals surface area (Å²) in [7, 11) is -1.68. The molecule has 0 fully saturated rings. The predicted octanol–water partition coefficient (Wildman–Crippen LogP) is 4.38. The third-order valence-electron chi connectivity index (χ3n) is 3.82. The van der Waals surface area contributed by atoms with Crippen LogP contribution in [0.5, 0.6) is 5.75 Å². The average Bonchev–Trinajstić information content (AvgIpc) is 2.73. The fraction of sp³-hybridized carbons (Fsp3) is 0.167. The SMILES string of the molecule is C[Si](C)(C)C1=C(c2ccc(O)cc2)C(=O)c2ccccc21. The molecule has 2 nitrogen and oxygen atoms in total. The van der Waals surface area contributed by atoms with Gasteiger partial charge in [0.25, 0.3) is 0 Å². The van der Waals surface area contributed by atoms with Crippen LogP contribution in [0, 0.1) is 0 Å². The Morgan fingerprint density at radius 1 is 0.857 bits per heavy atom. The molecule has 0 unspecified atom stereocenters. The molecule has 1 aliphatic carbocycles. The quantitative estimate of drug-likeness (QED) is 0.835. The maximum absolute atomic E-state index is 12.8. The molecule has 0 saturated carbocycles. The van der Waals surface area contributed by atoms with Crippen LogP contribution in [0.3, 0.4) is 0 Å². The fourth-order valence-electron chi connectivity index (χ4n) is 2.96. The summed E-state index contributed by atoms with van der Waals surface area (Å²) in [4.78, 5) is 12.8. The van der Waals surface area contributed by atoms with Crippen molar-refractivity contribution < 1.29 is 9.90 Å². The molecule has 3 rings (SSSR count). The van der Waals surface area contributed by atoms with E-state index in [1.165, 1.54) is 5.20 Å². The third-order valence-corrected chi connectivity index (χ3v) is 5.84. The van der Waals surface area contributed by atoms with Crippen LogP contribution in [0.1, 0.15) is 21.5 Å². The lowest BCUT2D eigenvalue weighted by Crippen LogP contribution is -2.23. The van der Waals surface area contributed by atoms with Gasteiger partial charge >= 0.3 is 0 Å². The molecule has 0 heterocycles. The minimum absolute atomic E-state index is 0.105. The fourth-order valence-corrected chi connectivity index (χ4v) is 5.00. The lowest BCUT2D eigenvalue weighted by molar-refractivity contribution is 0.105. The van der Waals surface area contributed by atoms with Crippen LogP contribution in [0.4, 0.5) is 0 Å². The van der Waals surface area contributed by atoms with Crippen LogP contribution in [-0.4, -0.2) is 19.0 Å². The Hall–Kier alpha value is -2.13. The molecule has 0 bridgehead atoms. The number of allylic oxidation sites excluding steroid dienone is 1. The molecule has 106 valence electrons. The number of phenolic OH excluding ortho intramolecular Hbond substituents is 1. The molecule has 3 heteroatoms. The smallest absolute Gasteiger partial charge is 0.194 e. The summed E-state index contributed by atoms with van der Waals surface area (Å²) >= 11 is 0. The van der Waals surface area contributed by atoms with Crippen LogP contribution in [0.2, 0.25) is 19.6 Å². The predicted molar refractivity (Wildman–Crippen MR) is 89.0 cm³/mol. The first-order valence-electron chi connectivity index (χ1n) is 7.08. The second-order valence-electron chi connectivity index (χ2n) is 6.42. The number of phenols is 1. The van der Waals surface area contributed by atoms with Gasteiger partial charge in [-0.1, -0.05) is 56.0 Å². The van der Waals surface area contributed by atoms with Crippen molar-refractivity contribution in [2.24, 2.45) is 0 Å². The zero-order valence-electron chi connectivity index (χ0n) is 12.5. The maximum Gasteiger partial charge on any atom is 0.194 e. The number of rotatable bonds is 2. The van der Waals surface area contributed by atoms with Crippen LogP contribution >= 0.6 is 0 Å². The van der Waals surface area contributed by atoms with E-state index in [4.69, 9.17) is 0 Å². The number of hydrogen-bond acceptors (Lipinski definition) is 2. The molecule has 21 heavy (non-hydrogen) atoms. The average molecular weight is 294 g/mol. The van der Waals surface area contributed by atoms with Gasteiger partial charge in [0.2, 0.25) is 0 Å². The molecule has 2 aromatic rings. The Morgan fingerprint density at radius 2 is 1.43 bits per heavy atom. The van der Waals surface area contributed by atoms with Crippen LogP contribution in [0.25, 0.3) is 10.8 Å². The Morgan fingerprint density at radius 3 is 2.00 bits per heavy atom. The maximum atomic E-state index is 12.8. The number of benzene rings is 2. The van der Waals surface area contributed by atoms with Crippen molar-refractivity contribution in [3.8, 4) is 5.75 Å². The van der Waals surface area contributed by atoms with Gasteiger partial charge in [0, 0.05) is 11.1 Å². The minimum atomic E-state index is -1.68. The van der Waals surface area contributed by atoms with Crippen molar-refractivity contribution in [3.63, 3.8) is 0 Å². The zero-order chi connectivity index (χ0) is 15.2. The summed E-state index contributed by atoms with van der Waals surface area (Å²) in [6, 6.07) is 14.8. The summed E-state index contributed by atoms with van der Waals surface area (Å²) in [5, 5.41) is 10.7. The van der Waals surface area contributed by atoms with Crippen LogP contribution < -0.4 is 0 Å². The topological polar surface area (TPSA) is 37.3 Å². The van der Waals surface area contributed by atoms with Crippen molar-refractivity contribution in [2.75, 3.05) is 0 Å². The molecule has 0 aromatic heterocycles. The van der Waals surface area contributed by atoms with E-state index in [-0.39, 0.29) is 11.5 Å². The Bertz CT molecular complexity index is 750. The van der Waals surface area contributed by atoms with Crippen LogP contribution in [0.15, 0.2) is 48.5 Å². The van der Waals surface area contributed by atoms with Gasteiger partial charge in [0.1, 0.15) is 5.75 Å². The summed E-state index contributed by atoms with van der Waals surface area (Å²) in [5.74, 6) is 0.325. The number of ketones is 1. The lowest BCUT2D eigenvalue weighted by Gasteiger charge is -2.21. The summed E-state index contributed by atoms with van der Waals surface area (Å²) < 4.78 is 0. The van der Waals surface area contributed by atoms with Crippen molar-refractivity contribution in [3.05, 3.63) is 65.2 Å². The first-order chi connectivity index (χ1) is 9.89. The molecule has 0 atom stereocenters. The second-order valence-corrected chi connectivity index (χ2v) is 11.4. The van der Waals surface area contributed by atoms with Gasteiger partial charge in [0.05, 0.1) is 8.07 Å². The van der Waals surface area contributed by atoms with Crippen molar-refractivity contribution in [1.29, 1.82) is 0 Å². The highest BCUT2D eigenvalue weighted by molar-refractivity contribution is 6.96. The molecule has 1 aliphatic rings. The number of carbonyl (C=O) groups is 1. The van der Waals surface area contributed by atoms with Crippen LogP contribution in [-0.2, 0) is 0 Å². The first kappa shape index (κ1) is 13.8. The minimum Gasteiger partial charge on any atom is -0.508 e. The van der Waals surface area contributed by atoms with E-state index in [1.807, 2.05) is 36.4 Å². The molecule has 0 spiro atoms. The van der Waals surface area contributed by atoms with Gasteiger partial charge in [-0.15, -0.1) is 0 Å². The largest absolute Gasteiger partial charge is 0.508 e. The highest BCUT2D eigenvalue weighted by Gasteiger charge is 2.36. The molecule has 0 radical (unpaired) electrons. The van der Waals surface area contributed by atoms with E-state index in [2.05, 4.69) is 19.6 Å². The molecular formula is C18H18O2Si. The Kier molecular flexibility index (Phi) is 3.10. The van der Waals surface area contributed by atoms with Crippen molar-refractivity contribution in [1.82, 2.24) is 0 Å². The molecule has 0 amide bonds. The molecule has 1 N–H and O–H groups in total. The monoisotopic (exact) mass is 294 g/mol. The lowest BCUT2D eigenvalue weighted by atomic mass is 10.0. The third kappa shape index (κ3) is 2.23. The molecule has 2 aromatic carbocycles. The van der Waals surface area contributed by atoms with Crippen molar-refractivity contribution >= 4 is 24.6 Å². The van der Waals surface area contributed by atoms with Gasteiger partial charge in [-0.3, -0.25) is 4.79 Å². The second kappa shape index (κ2) is 4.71. The standard InChI is InChI=1S/C18H18O2Si/c1-21(2,3)18-15-7-5-4-6-14(15)17(20)16(18)12-8-10-13(19)11-9-12/h4-11,19H,1-3H3. The summed E-state index contributed by atoms with van der Waals surface area (Å²) in [6.07, 6.45) is 0. The molecular weight excluding hydrogens is 276 g/mol. The van der Waals surface area contributed by atoms with Gasteiger partial charge in [-0.2, -0.15) is 0 Å². The van der Waals surface area contributed by atoms with Gasteiger partial charge in [-0.25, -0.2) is 0 Å². The normalized spacial score (nSPS) is 14.5. The van der Waals surface area contributed by atoms with E-state index in [9.17, 15) is 9.90 Å². The molecule has 0 saturated heterocycles. The first-order valence-corrected chi connectivity index (χ1v) is 10.6. The van der Waals surface area contributed by atoms with E-state index < -0.39 is 8.07 Å². The summed E-state index contributed by atoms with van der Waals surface area (Å²) in [6.45, 7) is 6.79. The number of hydrogen-bond donors (Lipinski definition) is 1. The van der Waals surface area contributed by atoms with E-state index in [1.54, 1.807) is 12.1 Å². The highest BCUT2D eigenvalue weighted by atomic mass is 28.3. The van der Waals surface area contributed by atoms with E-state index in [0.29, 0.717) is 0 Å². The summed E-state index contributed by atoms with van der Waals surface area (Å²) in [5.41, 5.74) is 3.60. The van der Waals surface area contributed by atoms with E-state index in [0.717, 1.165) is 22.3 Å². The highest BCUT2D eigenvalue weighted by Crippen LogP contribution is 2.43. The zero-order valence-corrected chi connectivity index (χ0v) is 13.5. The number of fused-ring (bicyclic) bond motifs is 1. The van der Waals surface area contributed by atoms with Gasteiger partial charge in [-0.05, 0) is 28.5 Å². The Labute approximate surface area is 125 Å². The Balaban J connectivity index is 2.29. The van der Waals surface area contributed by atoms with Gasteiger partial charge < -0.3 is 5.11 Å². The van der Waals surface area contributed by atoms with E-state index >= 15 is 0 Å².